The number of hydrogen-bond acceptors (Lipinski definition) is 4. The Labute approximate surface area is 120 Å². The Kier molecular flexibility index (Phi) is 5.20. The lowest BCUT2D eigenvalue weighted by atomic mass is 10.3. The van der Waals surface area contributed by atoms with Crippen LogP contribution in [0.2, 0.25) is 0 Å². The van der Waals surface area contributed by atoms with Gasteiger partial charge in [0, 0.05) is 19.6 Å². The zero-order valence-corrected chi connectivity index (χ0v) is 12.4. The summed E-state index contributed by atoms with van der Waals surface area (Å²) < 4.78 is 10.7. The van der Waals surface area contributed by atoms with Gasteiger partial charge in [0.05, 0.1) is 19.2 Å². The first-order chi connectivity index (χ1) is 9.61. The van der Waals surface area contributed by atoms with E-state index in [2.05, 4.69) is 23.6 Å². The summed E-state index contributed by atoms with van der Waals surface area (Å²) in [7, 11) is 1.61. The number of carbonyl (C=O) groups excluding carboxylic acids is 1. The van der Waals surface area contributed by atoms with Gasteiger partial charge in [0.2, 0.25) is 5.91 Å². The second-order valence-corrected chi connectivity index (χ2v) is 5.51. The first-order valence-corrected chi connectivity index (χ1v) is 7.20. The number of furan rings is 1. The third kappa shape index (κ3) is 4.08. The number of ether oxygens (including phenoxy) is 1. The highest BCUT2D eigenvalue weighted by Gasteiger charge is 2.36. The van der Waals surface area contributed by atoms with E-state index in [0.29, 0.717) is 25.6 Å². The van der Waals surface area contributed by atoms with E-state index in [1.807, 2.05) is 13.0 Å². The van der Waals surface area contributed by atoms with Crippen molar-refractivity contribution < 1.29 is 13.9 Å². The van der Waals surface area contributed by atoms with E-state index < -0.39 is 0 Å². The number of rotatable bonds is 8. The van der Waals surface area contributed by atoms with Crippen LogP contribution in [0.25, 0.3) is 0 Å². The van der Waals surface area contributed by atoms with E-state index in [-0.39, 0.29) is 11.9 Å². The minimum Gasteiger partial charge on any atom is -0.464 e. The summed E-state index contributed by atoms with van der Waals surface area (Å²) in [6, 6.07) is 3.79. The zero-order chi connectivity index (χ0) is 14.5. The van der Waals surface area contributed by atoms with Gasteiger partial charge in [0.25, 0.3) is 0 Å². The Morgan fingerprint density at radius 3 is 2.95 bits per heavy atom. The number of methoxy groups -OCH3 is 1. The number of hydrogen-bond donors (Lipinski definition) is 2. The Balaban J connectivity index is 1.71. The lowest BCUT2D eigenvalue weighted by molar-refractivity contribution is -0.123. The molecule has 1 saturated carbocycles. The molecule has 1 fully saturated rings. The van der Waals surface area contributed by atoms with E-state index in [4.69, 9.17) is 9.15 Å². The standard InChI is InChI=1S/C15H24N2O3/c1-10-8-13(10)14-5-4-12(20-14)9-17-11(2)15(18)16-6-7-19-3/h4-5,10-11,13,17H,6-9H2,1-3H3,(H,16,18). The molecule has 3 atom stereocenters. The summed E-state index contributed by atoms with van der Waals surface area (Å²) in [5.41, 5.74) is 0. The maximum absolute atomic E-state index is 11.7. The average molecular weight is 280 g/mol. The predicted molar refractivity (Wildman–Crippen MR) is 76.4 cm³/mol. The molecule has 2 N–H and O–H groups in total. The SMILES string of the molecule is COCCNC(=O)C(C)NCc1ccc(C2CC2C)o1. The zero-order valence-electron chi connectivity index (χ0n) is 12.4. The molecule has 1 aliphatic carbocycles. The molecule has 2 rings (SSSR count). The third-order valence-electron chi connectivity index (χ3n) is 3.74. The van der Waals surface area contributed by atoms with Gasteiger partial charge in [-0.2, -0.15) is 0 Å². The van der Waals surface area contributed by atoms with Crippen LogP contribution >= 0.6 is 0 Å². The largest absolute Gasteiger partial charge is 0.464 e. The maximum atomic E-state index is 11.7. The molecule has 0 aliphatic heterocycles. The van der Waals surface area contributed by atoms with Crippen LogP contribution in [0.1, 0.15) is 37.7 Å². The van der Waals surface area contributed by atoms with Crippen LogP contribution < -0.4 is 10.6 Å². The molecule has 0 spiro atoms. The summed E-state index contributed by atoms with van der Waals surface area (Å²) in [5.74, 6) is 3.28. The summed E-state index contributed by atoms with van der Waals surface area (Å²) in [5, 5.41) is 5.96. The van der Waals surface area contributed by atoms with Crippen LogP contribution in [-0.4, -0.2) is 32.2 Å². The van der Waals surface area contributed by atoms with Crippen LogP contribution in [0.15, 0.2) is 16.5 Å². The Hall–Kier alpha value is -1.33. The highest BCUT2D eigenvalue weighted by Crippen LogP contribution is 2.47. The molecule has 0 bridgehead atoms. The van der Waals surface area contributed by atoms with Crippen molar-refractivity contribution in [3.8, 4) is 0 Å². The highest BCUT2D eigenvalue weighted by atomic mass is 16.5. The first-order valence-electron chi connectivity index (χ1n) is 7.20. The van der Waals surface area contributed by atoms with Gasteiger partial charge in [-0.25, -0.2) is 0 Å². The minimum absolute atomic E-state index is 0.0235. The molecule has 112 valence electrons. The second kappa shape index (κ2) is 6.90. The maximum Gasteiger partial charge on any atom is 0.236 e. The summed E-state index contributed by atoms with van der Waals surface area (Å²) in [6.45, 7) is 5.71. The van der Waals surface area contributed by atoms with E-state index in [1.54, 1.807) is 7.11 Å². The lowest BCUT2D eigenvalue weighted by Gasteiger charge is -2.12. The summed E-state index contributed by atoms with van der Waals surface area (Å²) in [6.07, 6.45) is 1.22. The fourth-order valence-corrected chi connectivity index (χ4v) is 2.18. The van der Waals surface area contributed by atoms with E-state index >= 15 is 0 Å². The summed E-state index contributed by atoms with van der Waals surface area (Å²) in [4.78, 5) is 11.7. The number of carbonyl (C=O) groups is 1. The molecule has 0 radical (unpaired) electrons. The van der Waals surface area contributed by atoms with Crippen molar-refractivity contribution >= 4 is 5.91 Å². The van der Waals surface area contributed by atoms with Crippen LogP contribution in [0, 0.1) is 5.92 Å². The van der Waals surface area contributed by atoms with Crippen molar-refractivity contribution in [1.82, 2.24) is 10.6 Å². The fourth-order valence-electron chi connectivity index (χ4n) is 2.18. The van der Waals surface area contributed by atoms with Crippen LogP contribution in [0.4, 0.5) is 0 Å². The van der Waals surface area contributed by atoms with Gasteiger partial charge < -0.3 is 14.5 Å². The van der Waals surface area contributed by atoms with Gasteiger partial charge in [-0.15, -0.1) is 0 Å². The monoisotopic (exact) mass is 280 g/mol. The second-order valence-electron chi connectivity index (χ2n) is 5.51. The van der Waals surface area contributed by atoms with E-state index in [9.17, 15) is 4.79 Å². The first kappa shape index (κ1) is 15.1. The van der Waals surface area contributed by atoms with Crippen molar-refractivity contribution in [3.63, 3.8) is 0 Å². The van der Waals surface area contributed by atoms with Gasteiger partial charge in [-0.05, 0) is 31.4 Å². The Morgan fingerprint density at radius 2 is 2.30 bits per heavy atom. The van der Waals surface area contributed by atoms with Gasteiger partial charge in [-0.1, -0.05) is 6.92 Å². The average Bonchev–Trinajstić information content (AvgIpc) is 2.99. The van der Waals surface area contributed by atoms with E-state index in [0.717, 1.165) is 17.4 Å². The molecule has 0 saturated heterocycles. The molecular formula is C15H24N2O3. The molecular weight excluding hydrogens is 256 g/mol. The molecule has 1 amide bonds. The van der Waals surface area contributed by atoms with Crippen molar-refractivity contribution in [2.75, 3.05) is 20.3 Å². The summed E-state index contributed by atoms with van der Waals surface area (Å²) >= 11 is 0. The molecule has 5 nitrogen and oxygen atoms in total. The topological polar surface area (TPSA) is 63.5 Å². The molecule has 1 aromatic heterocycles. The molecule has 3 unspecified atom stereocenters. The smallest absolute Gasteiger partial charge is 0.236 e. The Morgan fingerprint density at radius 1 is 1.55 bits per heavy atom. The number of nitrogens with one attached hydrogen (secondary N) is 2. The number of amides is 1. The van der Waals surface area contributed by atoms with Crippen LogP contribution in [0.5, 0.6) is 0 Å². The quantitative estimate of drug-likeness (QED) is 0.711. The fraction of sp³-hybridized carbons (Fsp3) is 0.667. The highest BCUT2D eigenvalue weighted by molar-refractivity contribution is 5.81. The van der Waals surface area contributed by atoms with Gasteiger partial charge in [0.1, 0.15) is 11.5 Å². The predicted octanol–water partition coefficient (Wildman–Crippen LogP) is 1.64. The normalized spacial score (nSPS) is 22.6. The van der Waals surface area contributed by atoms with Crippen molar-refractivity contribution in [1.29, 1.82) is 0 Å². The third-order valence-corrected chi connectivity index (χ3v) is 3.74. The molecule has 1 heterocycles. The molecule has 0 aromatic carbocycles. The van der Waals surface area contributed by atoms with Gasteiger partial charge in [0.15, 0.2) is 0 Å². The minimum atomic E-state index is -0.250. The van der Waals surface area contributed by atoms with Gasteiger partial charge in [-0.3, -0.25) is 10.1 Å². The van der Waals surface area contributed by atoms with Crippen molar-refractivity contribution in [2.45, 2.75) is 38.8 Å². The Bertz CT molecular complexity index is 444. The van der Waals surface area contributed by atoms with E-state index in [1.165, 1.54) is 6.42 Å². The lowest BCUT2D eigenvalue weighted by Crippen LogP contribution is -2.42. The van der Waals surface area contributed by atoms with Gasteiger partial charge >= 0.3 is 0 Å². The molecule has 5 heteroatoms. The molecule has 20 heavy (non-hydrogen) atoms. The van der Waals surface area contributed by atoms with Crippen molar-refractivity contribution in [3.05, 3.63) is 23.7 Å². The molecule has 1 aromatic rings. The van der Waals surface area contributed by atoms with Crippen LogP contribution in [-0.2, 0) is 16.1 Å². The van der Waals surface area contributed by atoms with Crippen molar-refractivity contribution in [2.24, 2.45) is 5.92 Å². The molecule has 1 aliphatic rings. The van der Waals surface area contributed by atoms with Crippen LogP contribution in [0.3, 0.4) is 0 Å².